The smallest absolute Gasteiger partial charge is 0.0321 e. The third-order valence-corrected chi connectivity index (χ3v) is 4.01. The first-order chi connectivity index (χ1) is 10.1. The van der Waals surface area contributed by atoms with Crippen molar-refractivity contribution in [3.63, 3.8) is 0 Å². The normalized spacial score (nSPS) is 22.2. The zero-order chi connectivity index (χ0) is 15.2. The summed E-state index contributed by atoms with van der Waals surface area (Å²) in [6.07, 6.45) is 7.92. The van der Waals surface area contributed by atoms with Crippen molar-refractivity contribution in [1.82, 2.24) is 4.90 Å². The van der Waals surface area contributed by atoms with Gasteiger partial charge in [-0.15, -0.1) is 13.2 Å². The second-order valence-electron chi connectivity index (χ2n) is 6.37. The van der Waals surface area contributed by atoms with Gasteiger partial charge in [-0.05, 0) is 38.7 Å². The third kappa shape index (κ3) is 4.71. The molecule has 1 heteroatoms. The van der Waals surface area contributed by atoms with Crippen molar-refractivity contribution in [3.05, 3.63) is 72.4 Å². The van der Waals surface area contributed by atoms with E-state index in [1.54, 1.807) is 0 Å². The highest BCUT2D eigenvalue weighted by Crippen LogP contribution is 2.27. The van der Waals surface area contributed by atoms with Gasteiger partial charge in [0.05, 0.1) is 0 Å². The maximum absolute atomic E-state index is 4.11. The molecule has 21 heavy (non-hydrogen) atoms. The molecular formula is C20H27N. The second kappa shape index (κ2) is 7.42. The Morgan fingerprint density at radius 3 is 2.38 bits per heavy atom. The molecule has 0 radical (unpaired) electrons. The van der Waals surface area contributed by atoms with Gasteiger partial charge in [-0.3, -0.25) is 4.90 Å². The van der Waals surface area contributed by atoms with E-state index in [4.69, 9.17) is 0 Å². The highest BCUT2D eigenvalue weighted by atomic mass is 15.2. The van der Waals surface area contributed by atoms with E-state index in [1.807, 2.05) is 0 Å². The molecule has 1 nitrogen and oxygen atoms in total. The molecule has 0 aromatic heterocycles. The summed E-state index contributed by atoms with van der Waals surface area (Å²) in [7, 11) is 0. The molecule has 0 unspecified atom stereocenters. The fourth-order valence-electron chi connectivity index (χ4n) is 3.10. The Hall–Kier alpha value is -1.60. The minimum Gasteiger partial charge on any atom is -0.289 e. The molecule has 1 heterocycles. The summed E-state index contributed by atoms with van der Waals surface area (Å²) in [4.78, 5) is 2.62. The Balaban J connectivity index is 2.19. The third-order valence-electron chi connectivity index (χ3n) is 4.01. The number of hydrogen-bond acceptors (Lipinski definition) is 1. The van der Waals surface area contributed by atoms with Crippen LogP contribution in [0.3, 0.4) is 0 Å². The minimum atomic E-state index is 0.459. The summed E-state index contributed by atoms with van der Waals surface area (Å²) in [6.45, 7) is 13.5. The molecule has 1 aromatic rings. The van der Waals surface area contributed by atoms with Gasteiger partial charge >= 0.3 is 0 Å². The van der Waals surface area contributed by atoms with Crippen LogP contribution in [0.5, 0.6) is 0 Å². The maximum Gasteiger partial charge on any atom is 0.0321 e. The molecular weight excluding hydrogens is 254 g/mol. The van der Waals surface area contributed by atoms with Gasteiger partial charge in [0.25, 0.3) is 0 Å². The maximum atomic E-state index is 4.11. The van der Waals surface area contributed by atoms with Gasteiger partial charge < -0.3 is 0 Å². The average molecular weight is 281 g/mol. The van der Waals surface area contributed by atoms with Gasteiger partial charge in [-0.1, -0.05) is 53.6 Å². The topological polar surface area (TPSA) is 3.24 Å². The van der Waals surface area contributed by atoms with Crippen molar-refractivity contribution in [2.45, 2.75) is 51.7 Å². The van der Waals surface area contributed by atoms with Crippen LogP contribution in [0, 0.1) is 0 Å². The van der Waals surface area contributed by atoms with Crippen LogP contribution in [0.15, 0.2) is 66.8 Å². The molecule has 2 rings (SSSR count). The molecule has 1 aliphatic heterocycles. The summed E-state index contributed by atoms with van der Waals surface area (Å²) < 4.78 is 0. The first-order valence-corrected chi connectivity index (χ1v) is 7.81. The summed E-state index contributed by atoms with van der Waals surface area (Å²) in [5, 5.41) is 0. The molecule has 0 fully saturated rings. The van der Waals surface area contributed by atoms with Crippen molar-refractivity contribution in [3.8, 4) is 0 Å². The minimum absolute atomic E-state index is 0.459. The lowest BCUT2D eigenvalue weighted by atomic mass is 9.93. The quantitative estimate of drug-likeness (QED) is 0.654. The van der Waals surface area contributed by atoms with Crippen LogP contribution in [0.25, 0.3) is 0 Å². The lowest BCUT2D eigenvalue weighted by Gasteiger charge is -2.40. The molecule has 112 valence electrons. The van der Waals surface area contributed by atoms with Crippen molar-refractivity contribution in [1.29, 1.82) is 0 Å². The van der Waals surface area contributed by atoms with Gasteiger partial charge in [0.1, 0.15) is 0 Å². The summed E-state index contributed by atoms with van der Waals surface area (Å²) in [5.41, 5.74) is 3.90. The predicted molar refractivity (Wildman–Crippen MR) is 92.2 cm³/mol. The molecule has 1 aliphatic rings. The Morgan fingerprint density at radius 1 is 1.10 bits per heavy atom. The van der Waals surface area contributed by atoms with Gasteiger partial charge in [-0.2, -0.15) is 0 Å². The van der Waals surface area contributed by atoms with Crippen LogP contribution in [-0.2, 0) is 6.54 Å². The molecule has 0 saturated carbocycles. The number of nitrogens with zero attached hydrogens (tertiary/aromatic N) is 1. The summed E-state index contributed by atoms with van der Waals surface area (Å²) in [5.74, 6) is 0. The molecule has 1 aromatic carbocycles. The molecule has 0 amide bonds. The van der Waals surface area contributed by atoms with Crippen LogP contribution in [0.2, 0.25) is 0 Å². The molecule has 0 aliphatic carbocycles. The monoisotopic (exact) mass is 281 g/mol. The van der Waals surface area contributed by atoms with E-state index < -0.39 is 0 Å². The number of benzene rings is 1. The van der Waals surface area contributed by atoms with E-state index in [2.05, 4.69) is 74.4 Å². The zero-order valence-electron chi connectivity index (χ0n) is 13.4. The standard InChI is InChI=1S/C20H27N/c1-16(2)13-19-11-8-12-20(14-17(3)4)21(19)15-18-9-6-5-7-10-18/h5-11,19-20H,1,3,12-15H2,2,4H3/t19-,20-/m1/s1. The molecule has 0 bridgehead atoms. The largest absolute Gasteiger partial charge is 0.289 e. The fourth-order valence-corrected chi connectivity index (χ4v) is 3.10. The van der Waals surface area contributed by atoms with Gasteiger partial charge in [-0.25, -0.2) is 0 Å². The van der Waals surface area contributed by atoms with Crippen LogP contribution in [-0.4, -0.2) is 17.0 Å². The van der Waals surface area contributed by atoms with Crippen LogP contribution >= 0.6 is 0 Å². The Kier molecular flexibility index (Phi) is 5.58. The van der Waals surface area contributed by atoms with Crippen molar-refractivity contribution < 1.29 is 0 Å². The first kappa shape index (κ1) is 15.8. The van der Waals surface area contributed by atoms with Gasteiger partial charge in [0.2, 0.25) is 0 Å². The SMILES string of the molecule is C=C(C)C[C@H]1CC=C[C@H](CC(=C)C)N1Cc1ccccc1. The Morgan fingerprint density at radius 2 is 1.76 bits per heavy atom. The van der Waals surface area contributed by atoms with E-state index in [9.17, 15) is 0 Å². The molecule has 0 N–H and O–H groups in total. The Labute approximate surface area is 129 Å². The van der Waals surface area contributed by atoms with E-state index in [0.717, 1.165) is 25.8 Å². The second-order valence-corrected chi connectivity index (χ2v) is 6.37. The zero-order valence-corrected chi connectivity index (χ0v) is 13.4. The summed E-state index contributed by atoms with van der Waals surface area (Å²) >= 11 is 0. The lowest BCUT2D eigenvalue weighted by Crippen LogP contribution is -2.44. The highest BCUT2D eigenvalue weighted by molar-refractivity contribution is 5.17. The number of rotatable bonds is 6. The van der Waals surface area contributed by atoms with Crippen molar-refractivity contribution in [2.24, 2.45) is 0 Å². The average Bonchev–Trinajstić information content (AvgIpc) is 2.42. The van der Waals surface area contributed by atoms with E-state index in [1.165, 1.54) is 16.7 Å². The van der Waals surface area contributed by atoms with Crippen molar-refractivity contribution in [2.75, 3.05) is 0 Å². The van der Waals surface area contributed by atoms with Gasteiger partial charge in [0.15, 0.2) is 0 Å². The summed E-state index contributed by atoms with van der Waals surface area (Å²) in [6, 6.07) is 11.8. The van der Waals surface area contributed by atoms with Crippen LogP contribution in [0.4, 0.5) is 0 Å². The van der Waals surface area contributed by atoms with E-state index in [-0.39, 0.29) is 0 Å². The van der Waals surface area contributed by atoms with Crippen LogP contribution in [0.1, 0.15) is 38.7 Å². The molecule has 0 saturated heterocycles. The van der Waals surface area contributed by atoms with Crippen molar-refractivity contribution >= 4 is 0 Å². The molecule has 2 atom stereocenters. The number of hydrogen-bond donors (Lipinski definition) is 0. The van der Waals surface area contributed by atoms with Gasteiger partial charge in [0, 0.05) is 18.6 Å². The lowest BCUT2D eigenvalue weighted by molar-refractivity contribution is 0.138. The Bertz CT molecular complexity index is 512. The van der Waals surface area contributed by atoms with Crippen LogP contribution < -0.4 is 0 Å². The predicted octanol–water partition coefficient (Wildman–Crippen LogP) is 5.12. The highest BCUT2D eigenvalue weighted by Gasteiger charge is 2.27. The fraction of sp³-hybridized carbons (Fsp3) is 0.400. The van der Waals surface area contributed by atoms with E-state index >= 15 is 0 Å². The molecule has 0 spiro atoms. The van der Waals surface area contributed by atoms with E-state index in [0.29, 0.717) is 12.1 Å². The first-order valence-electron chi connectivity index (χ1n) is 7.81.